The highest BCUT2D eigenvalue weighted by atomic mass is 79.9. The molecule has 0 atom stereocenters. The van der Waals surface area contributed by atoms with Crippen molar-refractivity contribution in [3.63, 3.8) is 0 Å². The highest BCUT2D eigenvalue weighted by Gasteiger charge is 2.26. The summed E-state index contributed by atoms with van der Waals surface area (Å²) >= 11 is 3.60. The quantitative estimate of drug-likeness (QED) is 0.786. The fourth-order valence-electron chi connectivity index (χ4n) is 3.28. The average Bonchev–Trinajstić information content (AvgIpc) is 3.15. The number of nitrogens with zero attached hydrogens (tertiary/aromatic N) is 5. The van der Waals surface area contributed by atoms with E-state index in [-0.39, 0.29) is 0 Å². The smallest absolute Gasteiger partial charge is 0.159 e. The molecule has 1 aromatic heterocycles. The first-order valence-corrected chi connectivity index (χ1v) is 8.60. The lowest BCUT2D eigenvalue weighted by Crippen LogP contribution is -2.29. The molecule has 0 bridgehead atoms. The second kappa shape index (κ2) is 5.50. The Hall–Kier alpha value is -1.69. The number of hydrogen-bond acceptors (Lipinski definition) is 4. The van der Waals surface area contributed by atoms with Gasteiger partial charge in [-0.25, -0.2) is 0 Å². The number of fused-ring (bicyclic) bond motifs is 3. The zero-order chi connectivity index (χ0) is 15.1. The van der Waals surface area contributed by atoms with Crippen molar-refractivity contribution in [1.29, 1.82) is 0 Å². The first-order valence-electron chi connectivity index (χ1n) is 7.81. The Balaban J connectivity index is 1.92. The largest absolute Gasteiger partial charge is 0.356 e. The lowest BCUT2D eigenvalue weighted by atomic mass is 10.1. The molecule has 0 spiro atoms. The Morgan fingerprint density at radius 2 is 2.00 bits per heavy atom. The van der Waals surface area contributed by atoms with Crippen LogP contribution in [0.3, 0.4) is 0 Å². The van der Waals surface area contributed by atoms with Crippen molar-refractivity contribution in [2.45, 2.75) is 32.7 Å². The Bertz CT molecular complexity index is 743. The van der Waals surface area contributed by atoms with Gasteiger partial charge >= 0.3 is 0 Å². The van der Waals surface area contributed by atoms with Gasteiger partial charge in [-0.15, -0.1) is 10.2 Å². The summed E-state index contributed by atoms with van der Waals surface area (Å²) in [5.41, 5.74) is 2.31. The van der Waals surface area contributed by atoms with Crippen LogP contribution in [0.4, 0.5) is 0 Å². The van der Waals surface area contributed by atoms with Gasteiger partial charge in [0.15, 0.2) is 5.82 Å². The second-order valence-electron chi connectivity index (χ2n) is 5.72. The van der Waals surface area contributed by atoms with Gasteiger partial charge in [0, 0.05) is 29.5 Å². The van der Waals surface area contributed by atoms with Gasteiger partial charge in [-0.1, -0.05) is 22.9 Å². The number of likely N-dealkylation sites (tertiary alicyclic amines) is 1. The predicted octanol–water partition coefficient (Wildman–Crippen LogP) is 2.95. The fraction of sp³-hybridized carbons (Fsp3) is 0.438. The number of rotatable bonds is 1. The van der Waals surface area contributed by atoms with E-state index in [1.54, 1.807) is 0 Å². The Morgan fingerprint density at radius 1 is 1.18 bits per heavy atom. The number of aromatic nitrogens is 3. The summed E-state index contributed by atoms with van der Waals surface area (Å²) in [6.07, 6.45) is 3.35. The van der Waals surface area contributed by atoms with Crippen LogP contribution in [0.5, 0.6) is 0 Å². The summed E-state index contributed by atoms with van der Waals surface area (Å²) in [6, 6.07) is 6.39. The van der Waals surface area contributed by atoms with E-state index in [0.29, 0.717) is 6.54 Å². The van der Waals surface area contributed by atoms with Crippen molar-refractivity contribution in [3.05, 3.63) is 39.9 Å². The van der Waals surface area contributed by atoms with Crippen LogP contribution < -0.4 is 0 Å². The van der Waals surface area contributed by atoms with Gasteiger partial charge in [-0.3, -0.25) is 9.56 Å². The molecule has 22 heavy (non-hydrogen) atoms. The molecule has 2 aliphatic rings. The molecule has 2 aliphatic heterocycles. The first kappa shape index (κ1) is 13.9. The van der Waals surface area contributed by atoms with Gasteiger partial charge in [0.05, 0.1) is 5.69 Å². The summed E-state index contributed by atoms with van der Waals surface area (Å²) in [5.74, 6) is 3.02. The molecule has 1 saturated heterocycles. The topological polar surface area (TPSA) is 46.3 Å². The SMILES string of the molecule is CCc1nnc2n1-c1ccc(Br)cc1C(N1CCCC1)=NC2. The lowest BCUT2D eigenvalue weighted by molar-refractivity contribution is 0.518. The maximum atomic E-state index is 4.88. The molecule has 0 unspecified atom stereocenters. The third-order valence-electron chi connectivity index (χ3n) is 4.33. The Labute approximate surface area is 138 Å². The van der Waals surface area contributed by atoms with Crippen LogP contribution in [0, 0.1) is 0 Å². The molecular weight excluding hydrogens is 342 g/mol. The summed E-state index contributed by atoms with van der Waals surface area (Å²) in [6.45, 7) is 4.88. The van der Waals surface area contributed by atoms with Crippen LogP contribution in [0.15, 0.2) is 27.7 Å². The molecule has 0 amide bonds. The van der Waals surface area contributed by atoms with Gasteiger partial charge in [0.25, 0.3) is 0 Å². The number of benzene rings is 1. The number of aliphatic imine (C=N–C) groups is 1. The molecule has 0 aliphatic carbocycles. The highest BCUT2D eigenvalue weighted by Crippen LogP contribution is 2.28. The van der Waals surface area contributed by atoms with E-state index in [0.717, 1.165) is 47.2 Å². The summed E-state index contributed by atoms with van der Waals surface area (Å²) < 4.78 is 3.25. The van der Waals surface area contributed by atoms with Crippen molar-refractivity contribution in [2.75, 3.05) is 13.1 Å². The third kappa shape index (κ3) is 2.17. The third-order valence-corrected chi connectivity index (χ3v) is 4.82. The predicted molar refractivity (Wildman–Crippen MR) is 89.5 cm³/mol. The van der Waals surface area contributed by atoms with Crippen LogP contribution in [-0.2, 0) is 13.0 Å². The average molecular weight is 360 g/mol. The van der Waals surface area contributed by atoms with Crippen molar-refractivity contribution in [1.82, 2.24) is 19.7 Å². The minimum absolute atomic E-state index is 0.588. The van der Waals surface area contributed by atoms with Crippen LogP contribution in [0.25, 0.3) is 5.69 Å². The highest BCUT2D eigenvalue weighted by molar-refractivity contribution is 9.10. The van der Waals surface area contributed by atoms with Crippen molar-refractivity contribution < 1.29 is 0 Å². The van der Waals surface area contributed by atoms with E-state index < -0.39 is 0 Å². The van der Waals surface area contributed by atoms with E-state index in [4.69, 9.17) is 4.99 Å². The monoisotopic (exact) mass is 359 g/mol. The summed E-state index contributed by atoms with van der Waals surface area (Å²) in [7, 11) is 0. The Morgan fingerprint density at radius 3 is 2.77 bits per heavy atom. The fourth-order valence-corrected chi connectivity index (χ4v) is 3.64. The number of halogens is 1. The Kier molecular flexibility index (Phi) is 3.48. The molecule has 1 fully saturated rings. The van der Waals surface area contributed by atoms with Crippen molar-refractivity contribution >= 4 is 21.8 Å². The number of hydrogen-bond donors (Lipinski definition) is 0. The molecular formula is C16H18BrN5. The van der Waals surface area contributed by atoms with Crippen LogP contribution in [0.2, 0.25) is 0 Å². The zero-order valence-corrected chi connectivity index (χ0v) is 14.2. The minimum atomic E-state index is 0.588. The van der Waals surface area contributed by atoms with E-state index in [1.807, 2.05) is 0 Å². The maximum absolute atomic E-state index is 4.88. The van der Waals surface area contributed by atoms with E-state index in [1.165, 1.54) is 18.4 Å². The first-order chi connectivity index (χ1) is 10.8. The van der Waals surface area contributed by atoms with Crippen molar-refractivity contribution in [2.24, 2.45) is 4.99 Å². The molecule has 0 N–H and O–H groups in total. The molecule has 2 aromatic rings. The maximum Gasteiger partial charge on any atom is 0.159 e. The van der Waals surface area contributed by atoms with Crippen molar-refractivity contribution in [3.8, 4) is 5.69 Å². The van der Waals surface area contributed by atoms with Gasteiger partial charge in [-0.05, 0) is 31.0 Å². The van der Waals surface area contributed by atoms with E-state index >= 15 is 0 Å². The molecule has 6 heteroatoms. The minimum Gasteiger partial charge on any atom is -0.356 e. The second-order valence-corrected chi connectivity index (χ2v) is 6.63. The molecule has 0 saturated carbocycles. The van der Waals surface area contributed by atoms with Crippen LogP contribution in [0.1, 0.15) is 37.0 Å². The molecule has 114 valence electrons. The lowest BCUT2D eigenvalue weighted by Gasteiger charge is -2.21. The molecule has 3 heterocycles. The summed E-state index contributed by atoms with van der Waals surface area (Å²) in [4.78, 5) is 7.27. The summed E-state index contributed by atoms with van der Waals surface area (Å²) in [5, 5.41) is 8.67. The number of aryl methyl sites for hydroxylation is 1. The number of amidine groups is 1. The standard InChI is InChI=1S/C16H18BrN5/c1-2-14-19-20-15-10-18-16(21-7-3-4-8-21)12-9-11(17)5-6-13(12)22(14)15/h5-6,9H,2-4,7-8,10H2,1H3. The van der Waals surface area contributed by atoms with Crippen LogP contribution in [-0.4, -0.2) is 38.6 Å². The van der Waals surface area contributed by atoms with Gasteiger partial charge in [0.2, 0.25) is 0 Å². The van der Waals surface area contributed by atoms with Gasteiger partial charge in [-0.2, -0.15) is 0 Å². The molecule has 1 aromatic carbocycles. The van der Waals surface area contributed by atoms with Crippen LogP contribution >= 0.6 is 15.9 Å². The molecule has 0 radical (unpaired) electrons. The van der Waals surface area contributed by atoms with E-state index in [9.17, 15) is 0 Å². The van der Waals surface area contributed by atoms with Gasteiger partial charge < -0.3 is 4.90 Å². The normalized spacial score (nSPS) is 17.0. The van der Waals surface area contributed by atoms with Gasteiger partial charge in [0.1, 0.15) is 18.2 Å². The zero-order valence-electron chi connectivity index (χ0n) is 12.6. The van der Waals surface area contributed by atoms with E-state index in [2.05, 4.69) is 60.7 Å². The molecule has 5 nitrogen and oxygen atoms in total. The molecule has 4 rings (SSSR count).